The molecule has 26 heavy (non-hydrogen) atoms. The number of methoxy groups -OCH3 is 1. The zero-order valence-electron chi connectivity index (χ0n) is 15.3. The fourth-order valence-electron chi connectivity index (χ4n) is 2.95. The summed E-state index contributed by atoms with van der Waals surface area (Å²) in [5, 5.41) is 0.954. The lowest BCUT2D eigenvalue weighted by Crippen LogP contribution is -2.51. The van der Waals surface area contributed by atoms with E-state index in [0.717, 1.165) is 28.4 Å². The monoisotopic (exact) mass is 373 g/mol. The zero-order valence-corrected chi connectivity index (χ0v) is 16.1. The number of benzene rings is 1. The molecule has 0 N–H and O–H groups in total. The smallest absolute Gasteiger partial charge is 0.266 e. The van der Waals surface area contributed by atoms with Gasteiger partial charge in [-0.3, -0.25) is 9.59 Å². The lowest BCUT2D eigenvalue weighted by molar-refractivity contribution is -0.135. The van der Waals surface area contributed by atoms with Crippen LogP contribution in [0.3, 0.4) is 0 Å². The number of hydrogen-bond donors (Lipinski definition) is 0. The van der Waals surface area contributed by atoms with Crippen LogP contribution < -0.4 is 4.74 Å². The summed E-state index contributed by atoms with van der Waals surface area (Å²) in [5.74, 6) is 0.678. The molecule has 0 unspecified atom stereocenters. The van der Waals surface area contributed by atoms with Gasteiger partial charge in [0.2, 0.25) is 5.91 Å². The molecule has 1 aliphatic heterocycles. The number of aromatic nitrogens is 1. The van der Waals surface area contributed by atoms with Crippen molar-refractivity contribution in [3.05, 3.63) is 45.4 Å². The molecule has 0 radical (unpaired) electrons. The van der Waals surface area contributed by atoms with Gasteiger partial charge in [-0.1, -0.05) is 19.1 Å². The maximum absolute atomic E-state index is 12.7. The molecule has 6 nitrogen and oxygen atoms in total. The van der Waals surface area contributed by atoms with Crippen molar-refractivity contribution < 1.29 is 14.3 Å². The topological polar surface area (TPSA) is 62.7 Å². The molecule has 1 saturated heterocycles. The van der Waals surface area contributed by atoms with Gasteiger partial charge in [0, 0.05) is 19.6 Å². The molecule has 0 atom stereocenters. The van der Waals surface area contributed by atoms with E-state index in [9.17, 15) is 9.59 Å². The number of rotatable bonds is 5. The summed E-state index contributed by atoms with van der Waals surface area (Å²) in [7, 11) is 1.63. The summed E-state index contributed by atoms with van der Waals surface area (Å²) >= 11 is 1.43. The van der Waals surface area contributed by atoms with Crippen LogP contribution in [0.25, 0.3) is 0 Å². The molecule has 1 aliphatic rings. The molecule has 138 valence electrons. The van der Waals surface area contributed by atoms with E-state index >= 15 is 0 Å². The SMILES string of the molecule is CCc1nc(C)c(C(=O)N2CCN(Cc3ccc(OC)cc3)C(=O)C2)s1. The summed E-state index contributed by atoms with van der Waals surface area (Å²) in [6, 6.07) is 7.68. The van der Waals surface area contributed by atoms with Crippen molar-refractivity contribution in [2.45, 2.75) is 26.8 Å². The Morgan fingerprint density at radius 1 is 1.27 bits per heavy atom. The number of hydrogen-bond acceptors (Lipinski definition) is 5. The van der Waals surface area contributed by atoms with Crippen molar-refractivity contribution in [2.24, 2.45) is 0 Å². The van der Waals surface area contributed by atoms with E-state index in [4.69, 9.17) is 4.74 Å². The molecular formula is C19H23N3O3S. The lowest BCUT2D eigenvalue weighted by Gasteiger charge is -2.34. The lowest BCUT2D eigenvalue weighted by atomic mass is 10.2. The fourth-order valence-corrected chi connectivity index (χ4v) is 3.92. The Labute approximate surface area is 157 Å². The molecule has 0 aliphatic carbocycles. The van der Waals surface area contributed by atoms with Gasteiger partial charge in [0.25, 0.3) is 5.91 Å². The van der Waals surface area contributed by atoms with Crippen LogP contribution in [0.2, 0.25) is 0 Å². The van der Waals surface area contributed by atoms with Crippen LogP contribution in [-0.2, 0) is 17.8 Å². The molecule has 0 bridgehead atoms. The molecule has 0 saturated carbocycles. The third-order valence-corrected chi connectivity index (χ3v) is 5.77. The number of aryl methyl sites for hydroxylation is 2. The number of amides is 2. The fraction of sp³-hybridized carbons (Fsp3) is 0.421. The van der Waals surface area contributed by atoms with Crippen LogP contribution in [0, 0.1) is 6.92 Å². The van der Waals surface area contributed by atoms with E-state index in [1.54, 1.807) is 16.9 Å². The number of piperazine rings is 1. The minimum atomic E-state index is -0.0860. The zero-order chi connectivity index (χ0) is 18.7. The third kappa shape index (κ3) is 3.88. The van der Waals surface area contributed by atoms with E-state index in [0.29, 0.717) is 24.5 Å². The Kier molecular flexibility index (Phi) is 5.56. The first kappa shape index (κ1) is 18.4. The van der Waals surface area contributed by atoms with Gasteiger partial charge in [0.05, 0.1) is 17.8 Å². The molecule has 7 heteroatoms. The summed E-state index contributed by atoms with van der Waals surface area (Å²) < 4.78 is 5.15. The summed E-state index contributed by atoms with van der Waals surface area (Å²) in [6.45, 7) is 5.62. The van der Waals surface area contributed by atoms with Gasteiger partial charge in [-0.15, -0.1) is 11.3 Å². The number of nitrogens with zero attached hydrogens (tertiary/aromatic N) is 3. The first-order valence-corrected chi connectivity index (χ1v) is 9.49. The minimum absolute atomic E-state index is 0.0294. The van der Waals surface area contributed by atoms with Crippen LogP contribution in [0.4, 0.5) is 0 Å². The second-order valence-electron chi connectivity index (χ2n) is 6.27. The van der Waals surface area contributed by atoms with E-state index in [1.165, 1.54) is 11.3 Å². The van der Waals surface area contributed by atoms with Gasteiger partial charge < -0.3 is 14.5 Å². The molecule has 2 aromatic rings. The second-order valence-corrected chi connectivity index (χ2v) is 7.35. The summed E-state index contributed by atoms with van der Waals surface area (Å²) in [4.78, 5) is 33.7. The highest BCUT2D eigenvalue weighted by Crippen LogP contribution is 2.22. The highest BCUT2D eigenvalue weighted by molar-refractivity contribution is 7.13. The summed E-state index contributed by atoms with van der Waals surface area (Å²) in [6.07, 6.45) is 0.813. The van der Waals surface area contributed by atoms with Crippen LogP contribution in [0.15, 0.2) is 24.3 Å². The largest absolute Gasteiger partial charge is 0.497 e. The predicted molar refractivity (Wildman–Crippen MR) is 101 cm³/mol. The van der Waals surface area contributed by atoms with Crippen molar-refractivity contribution >= 4 is 23.2 Å². The minimum Gasteiger partial charge on any atom is -0.497 e. The molecule has 1 aromatic heterocycles. The Morgan fingerprint density at radius 2 is 2.00 bits per heavy atom. The highest BCUT2D eigenvalue weighted by Gasteiger charge is 2.29. The van der Waals surface area contributed by atoms with Gasteiger partial charge in [0.1, 0.15) is 17.2 Å². The Bertz CT molecular complexity index is 801. The molecule has 2 heterocycles. The third-order valence-electron chi connectivity index (χ3n) is 4.48. The molecule has 2 amide bonds. The van der Waals surface area contributed by atoms with Crippen molar-refractivity contribution in [3.63, 3.8) is 0 Å². The highest BCUT2D eigenvalue weighted by atomic mass is 32.1. The standard InChI is InChI=1S/C19H23N3O3S/c1-4-16-20-13(2)18(26-16)19(24)22-10-9-21(17(23)12-22)11-14-5-7-15(25-3)8-6-14/h5-8H,4,9-12H2,1-3H3. The van der Waals surface area contributed by atoms with Crippen LogP contribution in [0.1, 0.15) is 32.9 Å². The summed E-state index contributed by atoms with van der Waals surface area (Å²) in [5.41, 5.74) is 1.80. The number of carbonyl (C=O) groups is 2. The van der Waals surface area contributed by atoms with E-state index in [1.807, 2.05) is 38.1 Å². The van der Waals surface area contributed by atoms with Crippen LogP contribution in [0.5, 0.6) is 5.75 Å². The molecule has 0 spiro atoms. The Balaban J connectivity index is 1.63. The van der Waals surface area contributed by atoms with Crippen molar-refractivity contribution in [1.29, 1.82) is 0 Å². The first-order chi connectivity index (χ1) is 12.5. The number of ether oxygens (including phenoxy) is 1. The quantitative estimate of drug-likeness (QED) is 0.808. The Hall–Kier alpha value is -2.41. The van der Waals surface area contributed by atoms with Crippen molar-refractivity contribution in [3.8, 4) is 5.75 Å². The van der Waals surface area contributed by atoms with Gasteiger partial charge in [-0.2, -0.15) is 0 Å². The maximum atomic E-state index is 12.7. The van der Waals surface area contributed by atoms with Gasteiger partial charge in [0.15, 0.2) is 0 Å². The van der Waals surface area contributed by atoms with E-state index in [-0.39, 0.29) is 18.4 Å². The molecule has 1 fully saturated rings. The number of thiazole rings is 1. The van der Waals surface area contributed by atoms with Gasteiger partial charge >= 0.3 is 0 Å². The normalized spacial score (nSPS) is 14.7. The molecule has 3 rings (SSSR count). The molecule has 1 aromatic carbocycles. The number of carbonyl (C=O) groups excluding carboxylic acids is 2. The van der Waals surface area contributed by atoms with Crippen molar-refractivity contribution in [2.75, 3.05) is 26.7 Å². The maximum Gasteiger partial charge on any atom is 0.266 e. The predicted octanol–water partition coefficient (Wildman–Crippen LogP) is 2.51. The van der Waals surface area contributed by atoms with E-state index in [2.05, 4.69) is 4.98 Å². The Morgan fingerprint density at radius 3 is 2.58 bits per heavy atom. The molecular weight excluding hydrogens is 350 g/mol. The van der Waals surface area contributed by atoms with Crippen molar-refractivity contribution in [1.82, 2.24) is 14.8 Å². The second kappa shape index (κ2) is 7.86. The van der Waals surface area contributed by atoms with Crippen LogP contribution in [-0.4, -0.2) is 53.3 Å². The average molecular weight is 373 g/mol. The van der Waals surface area contributed by atoms with E-state index < -0.39 is 0 Å². The van der Waals surface area contributed by atoms with Gasteiger partial charge in [-0.25, -0.2) is 4.98 Å². The van der Waals surface area contributed by atoms with Crippen LogP contribution >= 0.6 is 11.3 Å². The van der Waals surface area contributed by atoms with Gasteiger partial charge in [-0.05, 0) is 31.0 Å². The average Bonchev–Trinajstić information content (AvgIpc) is 3.04. The first-order valence-electron chi connectivity index (χ1n) is 8.68.